The molecule has 0 spiro atoms. The smallest absolute Gasteiger partial charge is 0.224 e. The first-order valence-corrected chi connectivity index (χ1v) is 8.60. The molecule has 1 aliphatic heterocycles. The van der Waals surface area contributed by atoms with Crippen LogP contribution in [0.15, 0.2) is 0 Å². The van der Waals surface area contributed by atoms with Crippen molar-refractivity contribution < 1.29 is 13.2 Å². The van der Waals surface area contributed by atoms with E-state index in [9.17, 15) is 13.2 Å². The standard InChI is InChI=1S/C10H17BrN2O3S/c11-7-17(15,16)13-5-3-9(4-6-13)12-10(14)8-1-2-8/h8-9H,1-7H2,(H,12,14). The number of carbonyl (C=O) groups excluding carboxylic acids is 1. The second-order valence-corrected chi connectivity index (χ2v) is 7.95. The Bertz CT molecular complexity index is 386. The van der Waals surface area contributed by atoms with Gasteiger partial charge in [0, 0.05) is 25.0 Å². The third-order valence-corrected chi connectivity index (χ3v) is 6.44. The molecule has 17 heavy (non-hydrogen) atoms. The van der Waals surface area contributed by atoms with Gasteiger partial charge in [0.15, 0.2) is 0 Å². The van der Waals surface area contributed by atoms with Crippen molar-refractivity contribution in [2.45, 2.75) is 31.7 Å². The van der Waals surface area contributed by atoms with Crippen molar-refractivity contribution in [3.8, 4) is 0 Å². The first kappa shape index (κ1) is 13.3. The second-order valence-electron chi connectivity index (χ2n) is 4.68. The van der Waals surface area contributed by atoms with Crippen LogP contribution in [0.1, 0.15) is 25.7 Å². The van der Waals surface area contributed by atoms with Gasteiger partial charge in [0.05, 0.1) is 0 Å². The molecule has 0 aromatic heterocycles. The Balaban J connectivity index is 1.79. The van der Waals surface area contributed by atoms with E-state index >= 15 is 0 Å². The summed E-state index contributed by atoms with van der Waals surface area (Å²) >= 11 is 2.99. The highest BCUT2D eigenvalue weighted by atomic mass is 79.9. The van der Waals surface area contributed by atoms with Gasteiger partial charge in [0.25, 0.3) is 0 Å². The van der Waals surface area contributed by atoms with E-state index in [0.717, 1.165) is 12.8 Å². The van der Waals surface area contributed by atoms with Gasteiger partial charge < -0.3 is 5.32 Å². The number of alkyl halides is 1. The van der Waals surface area contributed by atoms with Crippen molar-refractivity contribution in [3.63, 3.8) is 0 Å². The van der Waals surface area contributed by atoms with Crippen LogP contribution in [0, 0.1) is 5.92 Å². The van der Waals surface area contributed by atoms with Crippen LogP contribution in [0.3, 0.4) is 0 Å². The van der Waals surface area contributed by atoms with E-state index in [1.807, 2.05) is 0 Å². The summed E-state index contributed by atoms with van der Waals surface area (Å²) < 4.78 is 24.6. The summed E-state index contributed by atoms with van der Waals surface area (Å²) in [6.07, 6.45) is 3.43. The fourth-order valence-electron chi connectivity index (χ4n) is 2.01. The highest BCUT2D eigenvalue weighted by Gasteiger charge is 2.33. The van der Waals surface area contributed by atoms with Crippen molar-refractivity contribution in [2.75, 3.05) is 17.8 Å². The van der Waals surface area contributed by atoms with Crippen LogP contribution in [0.2, 0.25) is 0 Å². The third-order valence-electron chi connectivity index (χ3n) is 3.28. The average molecular weight is 325 g/mol. The van der Waals surface area contributed by atoms with E-state index in [0.29, 0.717) is 25.9 Å². The van der Waals surface area contributed by atoms with Crippen molar-refractivity contribution >= 4 is 31.9 Å². The van der Waals surface area contributed by atoms with E-state index in [4.69, 9.17) is 0 Å². The molecule has 7 heteroatoms. The summed E-state index contributed by atoms with van der Waals surface area (Å²) in [5.74, 6) is 0.367. The van der Waals surface area contributed by atoms with Crippen LogP contribution >= 0.6 is 15.9 Å². The molecule has 1 heterocycles. The normalized spacial score (nSPS) is 23.6. The van der Waals surface area contributed by atoms with Crippen LogP contribution in [-0.2, 0) is 14.8 Å². The third kappa shape index (κ3) is 3.42. The van der Waals surface area contributed by atoms with E-state index in [-0.39, 0.29) is 22.5 Å². The predicted molar refractivity (Wildman–Crippen MR) is 68.2 cm³/mol. The fraction of sp³-hybridized carbons (Fsp3) is 0.900. The maximum absolute atomic E-state index is 11.6. The molecule has 1 saturated carbocycles. The van der Waals surface area contributed by atoms with Gasteiger partial charge in [0.2, 0.25) is 15.9 Å². The molecule has 1 N–H and O–H groups in total. The first-order chi connectivity index (χ1) is 8.03. The Hall–Kier alpha value is -0.140. The second kappa shape index (κ2) is 5.24. The zero-order valence-electron chi connectivity index (χ0n) is 9.56. The van der Waals surface area contributed by atoms with Gasteiger partial charge in [0.1, 0.15) is 4.66 Å². The van der Waals surface area contributed by atoms with Gasteiger partial charge in [-0.25, -0.2) is 12.7 Å². The maximum atomic E-state index is 11.6. The lowest BCUT2D eigenvalue weighted by Crippen LogP contribution is -2.47. The molecule has 0 aromatic rings. The van der Waals surface area contributed by atoms with E-state index in [2.05, 4.69) is 21.2 Å². The zero-order valence-corrected chi connectivity index (χ0v) is 12.0. The number of nitrogens with one attached hydrogen (secondary N) is 1. The number of hydrogen-bond acceptors (Lipinski definition) is 3. The summed E-state index contributed by atoms with van der Waals surface area (Å²) in [6, 6.07) is 0.143. The fourth-order valence-corrected chi connectivity index (χ4v) is 3.79. The summed E-state index contributed by atoms with van der Waals surface area (Å²) in [7, 11) is -3.14. The van der Waals surface area contributed by atoms with Crippen LogP contribution in [-0.4, -0.2) is 42.4 Å². The molecule has 2 fully saturated rings. The van der Waals surface area contributed by atoms with Crippen molar-refractivity contribution in [1.29, 1.82) is 0 Å². The summed E-state index contributed by atoms with van der Waals surface area (Å²) in [5.41, 5.74) is 0. The van der Waals surface area contributed by atoms with Crippen molar-refractivity contribution in [2.24, 2.45) is 5.92 Å². The number of amides is 1. The Labute approximate surface area is 110 Å². The molecular weight excluding hydrogens is 308 g/mol. The quantitative estimate of drug-likeness (QED) is 0.772. The van der Waals surface area contributed by atoms with Gasteiger partial charge >= 0.3 is 0 Å². The number of halogens is 1. The molecule has 5 nitrogen and oxygen atoms in total. The van der Waals surface area contributed by atoms with Crippen LogP contribution in [0.5, 0.6) is 0 Å². The van der Waals surface area contributed by atoms with Crippen LogP contribution in [0.25, 0.3) is 0 Å². The van der Waals surface area contributed by atoms with Gasteiger partial charge in [-0.15, -0.1) is 0 Å². The Kier molecular flexibility index (Phi) is 4.10. The zero-order chi connectivity index (χ0) is 12.5. The summed E-state index contributed by atoms with van der Waals surface area (Å²) in [6.45, 7) is 1.01. The minimum atomic E-state index is -3.14. The minimum Gasteiger partial charge on any atom is -0.353 e. The topological polar surface area (TPSA) is 66.5 Å². The predicted octanol–water partition coefficient (Wildman–Crippen LogP) is 0.659. The Morgan fingerprint density at radius 1 is 1.24 bits per heavy atom. The van der Waals surface area contributed by atoms with E-state index in [1.54, 1.807) is 0 Å². The SMILES string of the molecule is O=C(NC1CCN(S(=O)(=O)CBr)CC1)C1CC1. The molecule has 0 radical (unpaired) electrons. The molecule has 2 rings (SSSR count). The lowest BCUT2D eigenvalue weighted by atomic mass is 10.1. The number of sulfonamides is 1. The molecule has 1 saturated heterocycles. The van der Waals surface area contributed by atoms with E-state index in [1.165, 1.54) is 4.31 Å². The molecule has 0 unspecified atom stereocenters. The molecule has 0 aromatic carbocycles. The molecule has 0 atom stereocenters. The highest BCUT2D eigenvalue weighted by molar-refractivity contribution is 9.10. The van der Waals surface area contributed by atoms with Gasteiger partial charge in [-0.1, -0.05) is 15.9 Å². The largest absolute Gasteiger partial charge is 0.353 e. The number of piperidine rings is 1. The van der Waals surface area contributed by atoms with Crippen LogP contribution in [0.4, 0.5) is 0 Å². The summed E-state index contributed by atoms with van der Waals surface area (Å²) in [4.78, 5) is 11.6. The summed E-state index contributed by atoms with van der Waals surface area (Å²) in [5, 5.41) is 3.00. The molecule has 2 aliphatic rings. The van der Waals surface area contributed by atoms with Crippen LogP contribution < -0.4 is 5.32 Å². The lowest BCUT2D eigenvalue weighted by Gasteiger charge is -2.31. The number of rotatable bonds is 4. The number of hydrogen-bond donors (Lipinski definition) is 1. The Morgan fingerprint density at radius 2 is 1.82 bits per heavy atom. The monoisotopic (exact) mass is 324 g/mol. The van der Waals surface area contributed by atoms with Gasteiger partial charge in [-0.3, -0.25) is 4.79 Å². The molecule has 1 aliphatic carbocycles. The first-order valence-electron chi connectivity index (χ1n) is 5.87. The van der Waals surface area contributed by atoms with Crippen molar-refractivity contribution in [1.82, 2.24) is 9.62 Å². The number of carbonyl (C=O) groups is 1. The van der Waals surface area contributed by atoms with Crippen molar-refractivity contribution in [3.05, 3.63) is 0 Å². The minimum absolute atomic E-state index is 0.0287. The Morgan fingerprint density at radius 3 is 2.29 bits per heavy atom. The molecule has 98 valence electrons. The highest BCUT2D eigenvalue weighted by Crippen LogP contribution is 2.29. The van der Waals surface area contributed by atoms with Gasteiger partial charge in [-0.05, 0) is 25.7 Å². The lowest BCUT2D eigenvalue weighted by molar-refractivity contribution is -0.123. The molecule has 1 amide bonds. The number of nitrogens with zero attached hydrogens (tertiary/aromatic N) is 1. The van der Waals surface area contributed by atoms with E-state index < -0.39 is 10.0 Å². The molecular formula is C10H17BrN2O3S. The molecule has 0 bridgehead atoms. The van der Waals surface area contributed by atoms with Gasteiger partial charge in [-0.2, -0.15) is 0 Å². The maximum Gasteiger partial charge on any atom is 0.224 e. The average Bonchev–Trinajstić information content (AvgIpc) is 3.13.